The molecule has 1 amide bonds. The van der Waals surface area contributed by atoms with E-state index in [2.05, 4.69) is 15.3 Å². The Labute approximate surface area is 190 Å². The predicted octanol–water partition coefficient (Wildman–Crippen LogP) is 5.95. The van der Waals surface area contributed by atoms with Crippen LogP contribution in [-0.4, -0.2) is 23.0 Å². The van der Waals surface area contributed by atoms with E-state index in [1.165, 1.54) is 38.0 Å². The topological polar surface area (TPSA) is 86.5 Å². The molecule has 1 N–H and O–H groups in total. The van der Waals surface area contributed by atoms with Gasteiger partial charge in [-0.1, -0.05) is 0 Å². The predicted molar refractivity (Wildman–Crippen MR) is 112 cm³/mol. The number of methoxy groups -OCH3 is 1. The van der Waals surface area contributed by atoms with Crippen molar-refractivity contribution < 1.29 is 36.2 Å². The molecule has 34 heavy (non-hydrogen) atoms. The summed E-state index contributed by atoms with van der Waals surface area (Å²) in [6.07, 6.45) is -0.518. The Hall–Kier alpha value is -4.41. The Morgan fingerprint density at radius 2 is 1.91 bits per heavy atom. The van der Waals surface area contributed by atoms with E-state index in [0.29, 0.717) is 11.3 Å². The Bertz CT molecular complexity index is 1320. The second-order valence-electron chi connectivity index (χ2n) is 6.87. The van der Waals surface area contributed by atoms with Crippen molar-refractivity contribution >= 4 is 11.6 Å². The van der Waals surface area contributed by atoms with E-state index >= 15 is 0 Å². The first kappa shape index (κ1) is 22.8. The number of halogens is 4. The van der Waals surface area contributed by atoms with Gasteiger partial charge in [-0.3, -0.25) is 4.79 Å². The van der Waals surface area contributed by atoms with Crippen LogP contribution in [0.25, 0.3) is 11.3 Å². The van der Waals surface area contributed by atoms with Gasteiger partial charge in [0.2, 0.25) is 5.88 Å². The number of pyridine rings is 1. The minimum atomic E-state index is -4.67. The average molecular weight is 473 g/mol. The van der Waals surface area contributed by atoms with Gasteiger partial charge in [0, 0.05) is 18.0 Å². The van der Waals surface area contributed by atoms with Crippen LogP contribution in [-0.2, 0) is 6.18 Å². The third kappa shape index (κ3) is 4.98. The van der Waals surface area contributed by atoms with Crippen LogP contribution >= 0.6 is 0 Å². The summed E-state index contributed by atoms with van der Waals surface area (Å²) in [6.45, 7) is 0. The van der Waals surface area contributed by atoms with Gasteiger partial charge in [0.1, 0.15) is 17.3 Å². The zero-order valence-electron chi connectivity index (χ0n) is 17.4. The van der Waals surface area contributed by atoms with Gasteiger partial charge in [-0.25, -0.2) is 14.4 Å². The molecule has 0 aliphatic carbocycles. The third-order valence-corrected chi connectivity index (χ3v) is 4.59. The number of nitrogens with zero attached hydrogens (tertiary/aromatic N) is 2. The lowest BCUT2D eigenvalue weighted by molar-refractivity contribution is -0.137. The van der Waals surface area contributed by atoms with Gasteiger partial charge in [0.25, 0.3) is 5.91 Å². The maximum Gasteiger partial charge on any atom is 0.416 e. The summed E-state index contributed by atoms with van der Waals surface area (Å²) < 4.78 is 69.7. The van der Waals surface area contributed by atoms with Crippen LogP contribution in [0.2, 0.25) is 0 Å². The number of oxazole rings is 1. The first-order valence-corrected chi connectivity index (χ1v) is 9.63. The fraction of sp³-hybridized carbons (Fsp3) is 0.0870. The van der Waals surface area contributed by atoms with Crippen molar-refractivity contribution in [1.29, 1.82) is 0 Å². The number of alkyl halides is 3. The highest BCUT2D eigenvalue weighted by Crippen LogP contribution is 2.35. The molecule has 0 aliphatic heterocycles. The maximum absolute atomic E-state index is 14.4. The Morgan fingerprint density at radius 3 is 2.62 bits per heavy atom. The van der Waals surface area contributed by atoms with Gasteiger partial charge in [0.05, 0.1) is 30.0 Å². The zero-order chi connectivity index (χ0) is 24.3. The second kappa shape index (κ2) is 9.22. The summed E-state index contributed by atoms with van der Waals surface area (Å²) in [5.41, 5.74) is -1.24. The molecule has 2 aromatic heterocycles. The van der Waals surface area contributed by atoms with Gasteiger partial charge in [-0.05, 0) is 42.5 Å². The highest BCUT2D eigenvalue weighted by molar-refractivity contribution is 6.04. The van der Waals surface area contributed by atoms with Crippen molar-refractivity contribution in [3.8, 4) is 28.7 Å². The fourth-order valence-corrected chi connectivity index (χ4v) is 3.01. The van der Waals surface area contributed by atoms with Crippen LogP contribution < -0.4 is 14.8 Å². The molecule has 0 spiro atoms. The van der Waals surface area contributed by atoms with E-state index in [1.54, 1.807) is 12.1 Å². The molecule has 2 heterocycles. The monoisotopic (exact) mass is 473 g/mol. The highest BCUT2D eigenvalue weighted by atomic mass is 19.4. The molecule has 0 atom stereocenters. The smallest absolute Gasteiger partial charge is 0.416 e. The van der Waals surface area contributed by atoms with Gasteiger partial charge in [0.15, 0.2) is 12.2 Å². The van der Waals surface area contributed by atoms with Gasteiger partial charge in [-0.2, -0.15) is 13.2 Å². The summed E-state index contributed by atoms with van der Waals surface area (Å²) in [6, 6.07) is 9.38. The highest BCUT2D eigenvalue weighted by Gasteiger charge is 2.31. The lowest BCUT2D eigenvalue weighted by Crippen LogP contribution is -2.15. The van der Waals surface area contributed by atoms with Crippen molar-refractivity contribution in [2.24, 2.45) is 0 Å². The van der Waals surface area contributed by atoms with Crippen LogP contribution in [0.3, 0.4) is 0 Å². The van der Waals surface area contributed by atoms with Gasteiger partial charge >= 0.3 is 6.18 Å². The lowest BCUT2D eigenvalue weighted by Gasteiger charge is -2.13. The zero-order valence-corrected chi connectivity index (χ0v) is 17.4. The summed E-state index contributed by atoms with van der Waals surface area (Å²) in [5.74, 6) is -1.46. The largest absolute Gasteiger partial charge is 0.497 e. The quantitative estimate of drug-likeness (QED) is 0.349. The molecule has 0 saturated carbocycles. The Balaban J connectivity index is 1.61. The number of ether oxygens (including phenoxy) is 2. The number of amides is 1. The minimum absolute atomic E-state index is 0.0626. The van der Waals surface area contributed by atoms with Crippen molar-refractivity contribution in [2.75, 3.05) is 12.4 Å². The van der Waals surface area contributed by atoms with Crippen LogP contribution in [0.5, 0.6) is 17.4 Å². The Morgan fingerprint density at radius 1 is 1.09 bits per heavy atom. The number of carbonyl (C=O) groups is 1. The van der Waals surface area contributed by atoms with E-state index in [-0.39, 0.29) is 23.1 Å². The number of benzene rings is 2. The molecule has 0 fully saturated rings. The number of hydrogen-bond donors (Lipinski definition) is 1. The third-order valence-electron chi connectivity index (χ3n) is 4.59. The molecule has 174 valence electrons. The van der Waals surface area contributed by atoms with Crippen molar-refractivity contribution in [2.45, 2.75) is 6.18 Å². The summed E-state index contributed by atoms with van der Waals surface area (Å²) in [4.78, 5) is 20.6. The molecular weight excluding hydrogens is 458 g/mol. The van der Waals surface area contributed by atoms with Crippen molar-refractivity contribution in [3.05, 3.63) is 84.3 Å². The molecule has 0 aliphatic rings. The average Bonchev–Trinajstić information content (AvgIpc) is 3.34. The van der Waals surface area contributed by atoms with Crippen molar-refractivity contribution in [3.63, 3.8) is 0 Å². The number of aromatic nitrogens is 2. The van der Waals surface area contributed by atoms with E-state index < -0.39 is 29.0 Å². The van der Waals surface area contributed by atoms with Crippen LogP contribution in [0.4, 0.5) is 23.2 Å². The van der Waals surface area contributed by atoms with Gasteiger partial charge < -0.3 is 19.2 Å². The van der Waals surface area contributed by atoms with E-state index in [4.69, 9.17) is 13.9 Å². The normalized spacial score (nSPS) is 11.2. The molecule has 0 saturated heterocycles. The lowest BCUT2D eigenvalue weighted by atomic mass is 10.1. The molecule has 4 aromatic rings. The first-order valence-electron chi connectivity index (χ1n) is 9.63. The SMILES string of the molecule is COc1cc(NC(=O)c2cc(Oc3ncccc3-c3cnco3)ccc2F)cc(C(F)(F)F)c1. The van der Waals surface area contributed by atoms with Gasteiger partial charge in [-0.15, -0.1) is 0 Å². The number of anilines is 1. The molecule has 0 unspecified atom stereocenters. The summed E-state index contributed by atoms with van der Waals surface area (Å²) in [5, 5.41) is 2.26. The number of rotatable bonds is 6. The van der Waals surface area contributed by atoms with E-state index in [9.17, 15) is 22.4 Å². The van der Waals surface area contributed by atoms with E-state index in [0.717, 1.165) is 24.3 Å². The minimum Gasteiger partial charge on any atom is -0.497 e. The summed E-state index contributed by atoms with van der Waals surface area (Å²) >= 11 is 0. The molecule has 2 aromatic carbocycles. The van der Waals surface area contributed by atoms with Crippen LogP contribution in [0.1, 0.15) is 15.9 Å². The van der Waals surface area contributed by atoms with Crippen LogP contribution in [0.15, 0.2) is 71.7 Å². The van der Waals surface area contributed by atoms with E-state index in [1.807, 2.05) is 0 Å². The second-order valence-corrected chi connectivity index (χ2v) is 6.87. The molecule has 0 radical (unpaired) electrons. The maximum atomic E-state index is 14.4. The number of nitrogens with one attached hydrogen (secondary N) is 1. The molecule has 11 heteroatoms. The first-order chi connectivity index (χ1) is 16.2. The Kier molecular flexibility index (Phi) is 6.17. The van der Waals surface area contributed by atoms with Crippen molar-refractivity contribution in [1.82, 2.24) is 9.97 Å². The fourth-order valence-electron chi connectivity index (χ4n) is 3.01. The molecule has 7 nitrogen and oxygen atoms in total. The standard InChI is InChI=1S/C23H15F4N3O4/c1-32-16-8-13(23(25,26)27)7-14(9-16)30-21(31)18-10-15(4-5-19(18)24)34-22-17(3-2-6-29-22)20-11-28-12-33-20/h2-12H,1H3,(H,30,31). The molecule has 0 bridgehead atoms. The summed E-state index contributed by atoms with van der Waals surface area (Å²) in [7, 11) is 1.19. The molecule has 4 rings (SSSR count). The molecular formula is C23H15F4N3O4. The number of carbonyl (C=O) groups excluding carboxylic acids is 1. The number of hydrogen-bond acceptors (Lipinski definition) is 6. The van der Waals surface area contributed by atoms with Crippen LogP contribution in [0, 0.1) is 5.82 Å².